The van der Waals surface area contributed by atoms with Gasteiger partial charge in [0.25, 0.3) is 0 Å². The molecule has 1 saturated heterocycles. The van der Waals surface area contributed by atoms with E-state index in [1.165, 1.54) is 5.56 Å². The van der Waals surface area contributed by atoms with Crippen LogP contribution in [0.4, 0.5) is 4.79 Å². The molecule has 5 atom stereocenters. The topological polar surface area (TPSA) is 109 Å². The van der Waals surface area contributed by atoms with E-state index in [1.54, 1.807) is 6.92 Å². The van der Waals surface area contributed by atoms with Crippen LogP contribution in [0, 0.1) is 5.92 Å². The van der Waals surface area contributed by atoms with E-state index in [4.69, 9.17) is 14.2 Å². The minimum atomic E-state index is -0.584. The molecule has 4 rings (SSSR count). The summed E-state index contributed by atoms with van der Waals surface area (Å²) in [6, 6.07) is 25.8. The van der Waals surface area contributed by atoms with Crippen LogP contribution in [0.5, 0.6) is 0 Å². The zero-order valence-corrected chi connectivity index (χ0v) is 25.4. The molecule has 1 heterocycles. The molecular formula is C34H43N3O6. The number of nitrogens with one attached hydrogen (secondary N) is 2. The van der Waals surface area contributed by atoms with Gasteiger partial charge in [0.1, 0.15) is 6.54 Å². The fourth-order valence-corrected chi connectivity index (χ4v) is 5.16. The van der Waals surface area contributed by atoms with Crippen molar-refractivity contribution in [1.82, 2.24) is 15.5 Å². The van der Waals surface area contributed by atoms with Crippen LogP contribution in [-0.4, -0.2) is 54.9 Å². The molecule has 1 aliphatic heterocycles. The van der Waals surface area contributed by atoms with E-state index >= 15 is 0 Å². The number of carbonyl (C=O) groups is 2. The Hall–Kier alpha value is -3.76. The van der Waals surface area contributed by atoms with Crippen molar-refractivity contribution in [3.05, 3.63) is 107 Å². The highest BCUT2D eigenvalue weighted by atomic mass is 16.7. The van der Waals surface area contributed by atoms with E-state index in [1.807, 2.05) is 54.6 Å². The largest absolute Gasteiger partial charge is 0.465 e. The number of hydrogen-bond acceptors (Lipinski definition) is 7. The first-order valence-corrected chi connectivity index (χ1v) is 14.8. The van der Waals surface area contributed by atoms with E-state index in [-0.39, 0.29) is 43.9 Å². The summed E-state index contributed by atoms with van der Waals surface area (Å²) < 4.78 is 18.0. The number of hydrogen-bond donors (Lipinski definition) is 3. The van der Waals surface area contributed by atoms with Crippen LogP contribution in [0.2, 0.25) is 0 Å². The Morgan fingerprint density at radius 2 is 1.58 bits per heavy atom. The standard InChI is InChI=1S/C34H43N3O6/c1-5-41-31(39)20-36-34(40)35-19-25-11-17-29(18-12-25)33-42-30(21-37(4)24(3)27-9-7-6-8-10-27)23(2)32(43-33)28-15-13-26(22-38)14-16-28/h6-18,23-24,30,32-33,38H,5,19-22H2,1-4H3,(H2,35,36,40). The van der Waals surface area contributed by atoms with Crippen LogP contribution < -0.4 is 10.6 Å². The molecule has 0 saturated carbocycles. The lowest BCUT2D eigenvalue weighted by molar-refractivity contribution is -0.276. The van der Waals surface area contributed by atoms with Crippen LogP contribution in [-0.2, 0) is 32.2 Å². The highest BCUT2D eigenvalue weighted by molar-refractivity contribution is 5.80. The second kappa shape index (κ2) is 15.6. The quantitative estimate of drug-likeness (QED) is 0.255. The molecule has 230 valence electrons. The number of nitrogens with zero attached hydrogens (tertiary/aromatic N) is 1. The molecular weight excluding hydrogens is 546 g/mol. The summed E-state index contributed by atoms with van der Waals surface area (Å²) in [5, 5.41) is 14.8. The minimum absolute atomic E-state index is 0.00779. The van der Waals surface area contributed by atoms with Crippen LogP contribution in [0.15, 0.2) is 78.9 Å². The number of esters is 1. The van der Waals surface area contributed by atoms with Crippen molar-refractivity contribution in [1.29, 1.82) is 0 Å². The monoisotopic (exact) mass is 589 g/mol. The van der Waals surface area contributed by atoms with Crippen LogP contribution in [0.25, 0.3) is 0 Å². The normalized spacial score (nSPS) is 20.8. The number of aliphatic hydroxyl groups is 1. The van der Waals surface area contributed by atoms with Crippen molar-refractivity contribution in [3.63, 3.8) is 0 Å². The molecule has 0 bridgehead atoms. The highest BCUT2D eigenvalue weighted by Crippen LogP contribution is 2.42. The molecule has 9 heteroatoms. The molecule has 0 radical (unpaired) electrons. The van der Waals surface area contributed by atoms with Crippen LogP contribution in [0.1, 0.15) is 67.0 Å². The number of rotatable bonds is 12. The van der Waals surface area contributed by atoms with E-state index in [0.717, 1.165) is 22.3 Å². The van der Waals surface area contributed by atoms with Gasteiger partial charge >= 0.3 is 12.0 Å². The van der Waals surface area contributed by atoms with E-state index in [2.05, 4.69) is 60.7 Å². The second-order valence-corrected chi connectivity index (χ2v) is 10.9. The molecule has 1 fully saturated rings. The van der Waals surface area contributed by atoms with Gasteiger partial charge in [0.05, 0.1) is 25.4 Å². The molecule has 2 amide bonds. The van der Waals surface area contributed by atoms with E-state index in [9.17, 15) is 14.7 Å². The summed E-state index contributed by atoms with van der Waals surface area (Å²) in [6.07, 6.45) is -0.901. The fourth-order valence-electron chi connectivity index (χ4n) is 5.16. The van der Waals surface area contributed by atoms with Crippen molar-refractivity contribution in [2.75, 3.05) is 26.7 Å². The van der Waals surface area contributed by atoms with Gasteiger partial charge in [-0.3, -0.25) is 9.69 Å². The van der Waals surface area contributed by atoms with Gasteiger partial charge in [-0.15, -0.1) is 0 Å². The number of urea groups is 1. The van der Waals surface area contributed by atoms with Crippen molar-refractivity contribution in [2.24, 2.45) is 5.92 Å². The summed E-state index contributed by atoms with van der Waals surface area (Å²) in [5.41, 5.74) is 4.91. The van der Waals surface area contributed by atoms with Crippen molar-refractivity contribution >= 4 is 12.0 Å². The number of aliphatic hydroxyl groups excluding tert-OH is 1. The maximum absolute atomic E-state index is 12.1. The third-order valence-electron chi connectivity index (χ3n) is 7.94. The molecule has 3 aromatic carbocycles. The SMILES string of the molecule is CCOC(=O)CNC(=O)NCc1ccc(C2OC(CN(C)C(C)c3ccccc3)C(C)C(c3ccc(CO)cc3)O2)cc1. The lowest BCUT2D eigenvalue weighted by Crippen LogP contribution is -2.44. The zero-order chi connectivity index (χ0) is 30.8. The van der Waals surface area contributed by atoms with E-state index in [0.29, 0.717) is 13.1 Å². The number of amides is 2. The van der Waals surface area contributed by atoms with Gasteiger partial charge < -0.3 is 30.0 Å². The summed E-state index contributed by atoms with van der Waals surface area (Å²) >= 11 is 0. The predicted octanol–water partition coefficient (Wildman–Crippen LogP) is 5.03. The Labute approximate surface area is 254 Å². The van der Waals surface area contributed by atoms with Gasteiger partial charge in [-0.1, -0.05) is 85.8 Å². The fraction of sp³-hybridized carbons (Fsp3) is 0.412. The number of ether oxygens (including phenoxy) is 3. The summed E-state index contributed by atoms with van der Waals surface area (Å²) in [5.74, 6) is -0.413. The van der Waals surface area contributed by atoms with Gasteiger partial charge in [0.15, 0.2) is 6.29 Å². The second-order valence-electron chi connectivity index (χ2n) is 10.9. The van der Waals surface area contributed by atoms with Crippen LogP contribution in [0.3, 0.4) is 0 Å². The molecule has 3 aromatic rings. The number of carbonyl (C=O) groups excluding carboxylic acids is 2. The van der Waals surface area contributed by atoms with Gasteiger partial charge in [0.2, 0.25) is 0 Å². The average Bonchev–Trinajstić information content (AvgIpc) is 3.04. The zero-order valence-electron chi connectivity index (χ0n) is 25.4. The van der Waals surface area contributed by atoms with Gasteiger partial charge in [-0.25, -0.2) is 4.79 Å². The first kappa shape index (κ1) is 32.2. The van der Waals surface area contributed by atoms with Crippen molar-refractivity contribution in [2.45, 2.75) is 58.5 Å². The lowest BCUT2D eigenvalue weighted by atomic mass is 9.89. The van der Waals surface area contributed by atoms with Gasteiger partial charge in [-0.05, 0) is 43.1 Å². The molecule has 1 aliphatic rings. The highest BCUT2D eigenvalue weighted by Gasteiger charge is 2.39. The first-order valence-electron chi connectivity index (χ1n) is 14.8. The third-order valence-corrected chi connectivity index (χ3v) is 7.94. The Bertz CT molecular complexity index is 1300. The maximum Gasteiger partial charge on any atom is 0.325 e. The van der Waals surface area contributed by atoms with Gasteiger partial charge in [0, 0.05) is 30.6 Å². The summed E-state index contributed by atoms with van der Waals surface area (Å²) in [6.45, 7) is 7.16. The molecule has 3 N–H and O–H groups in total. The van der Waals surface area contributed by atoms with Crippen LogP contribution >= 0.6 is 0 Å². The lowest BCUT2D eigenvalue weighted by Gasteiger charge is -2.43. The third kappa shape index (κ3) is 8.87. The Balaban J connectivity index is 1.46. The minimum Gasteiger partial charge on any atom is -0.465 e. The summed E-state index contributed by atoms with van der Waals surface area (Å²) in [7, 11) is 2.12. The first-order chi connectivity index (χ1) is 20.8. The Kier molecular flexibility index (Phi) is 11.7. The van der Waals surface area contributed by atoms with Gasteiger partial charge in [-0.2, -0.15) is 0 Å². The van der Waals surface area contributed by atoms with E-state index < -0.39 is 18.3 Å². The van der Waals surface area contributed by atoms with Crippen molar-refractivity contribution < 1.29 is 28.9 Å². The molecule has 0 aliphatic carbocycles. The number of benzene rings is 3. The average molecular weight is 590 g/mol. The summed E-state index contributed by atoms with van der Waals surface area (Å²) in [4.78, 5) is 25.8. The number of likely N-dealkylation sites (N-methyl/N-ethyl adjacent to an activating group) is 1. The molecule has 0 spiro atoms. The smallest absolute Gasteiger partial charge is 0.325 e. The van der Waals surface area contributed by atoms with Crippen molar-refractivity contribution in [3.8, 4) is 0 Å². The molecule has 0 aromatic heterocycles. The Morgan fingerprint density at radius 1 is 0.930 bits per heavy atom. The molecule has 43 heavy (non-hydrogen) atoms. The Morgan fingerprint density at radius 3 is 2.23 bits per heavy atom. The molecule has 5 unspecified atom stereocenters. The molecule has 9 nitrogen and oxygen atoms in total. The maximum atomic E-state index is 12.1. The predicted molar refractivity (Wildman–Crippen MR) is 164 cm³/mol.